The monoisotopic (exact) mass is 358 g/mol. The summed E-state index contributed by atoms with van der Waals surface area (Å²) in [6, 6.07) is 6.32. The van der Waals surface area contributed by atoms with Crippen molar-refractivity contribution >= 4 is 26.7 Å². The van der Waals surface area contributed by atoms with Crippen molar-refractivity contribution in [2.24, 2.45) is 0 Å². The van der Waals surface area contributed by atoms with E-state index in [1.54, 1.807) is 38.0 Å². The van der Waals surface area contributed by atoms with Crippen LogP contribution in [-0.4, -0.2) is 48.4 Å². The molecule has 0 spiro atoms. The average molecular weight is 358 g/mol. The van der Waals surface area contributed by atoms with Gasteiger partial charge in [0, 0.05) is 13.0 Å². The van der Waals surface area contributed by atoms with Gasteiger partial charge in [0.2, 0.25) is 0 Å². The van der Waals surface area contributed by atoms with Crippen LogP contribution in [0.25, 0.3) is 10.2 Å². The fraction of sp³-hybridized carbons (Fsp3) is 0.353. The van der Waals surface area contributed by atoms with Crippen molar-refractivity contribution in [3.8, 4) is 17.5 Å². The molecule has 2 aromatic heterocycles. The first-order chi connectivity index (χ1) is 12.2. The van der Waals surface area contributed by atoms with Crippen LogP contribution in [0.15, 0.2) is 30.6 Å². The van der Waals surface area contributed by atoms with Crippen molar-refractivity contribution < 1.29 is 14.2 Å². The number of benzene rings is 1. The van der Waals surface area contributed by atoms with Crippen LogP contribution >= 0.6 is 11.3 Å². The standard InChI is InChI=1S/C17H18N4O3S/c1-22-11-3-4-14-15(7-11)25-17(20-14)21-6-5-12(10-21)24-16-18-8-13(23-2)9-19-16/h3-4,7-9,12H,5-6,10H2,1-2H3. The van der Waals surface area contributed by atoms with Crippen LogP contribution in [0.4, 0.5) is 5.13 Å². The fourth-order valence-electron chi connectivity index (χ4n) is 2.77. The number of thiazole rings is 1. The molecule has 1 aliphatic heterocycles. The Morgan fingerprint density at radius 3 is 2.68 bits per heavy atom. The van der Waals surface area contributed by atoms with E-state index in [9.17, 15) is 0 Å². The number of fused-ring (bicyclic) bond motifs is 1. The fourth-order valence-corrected chi connectivity index (χ4v) is 3.80. The molecule has 25 heavy (non-hydrogen) atoms. The van der Waals surface area contributed by atoms with Crippen molar-refractivity contribution in [3.63, 3.8) is 0 Å². The summed E-state index contributed by atoms with van der Waals surface area (Å²) in [5.74, 6) is 1.47. The van der Waals surface area contributed by atoms with E-state index >= 15 is 0 Å². The molecule has 130 valence electrons. The molecular weight excluding hydrogens is 340 g/mol. The van der Waals surface area contributed by atoms with Gasteiger partial charge in [-0.3, -0.25) is 0 Å². The number of anilines is 1. The van der Waals surface area contributed by atoms with Gasteiger partial charge in [0.25, 0.3) is 0 Å². The Hall–Kier alpha value is -2.61. The minimum Gasteiger partial charge on any atom is -0.497 e. The Balaban J connectivity index is 1.44. The molecule has 0 radical (unpaired) electrons. The van der Waals surface area contributed by atoms with Gasteiger partial charge < -0.3 is 19.1 Å². The quantitative estimate of drug-likeness (QED) is 0.694. The third-order valence-corrected chi connectivity index (χ3v) is 5.19. The Kier molecular flexibility index (Phi) is 4.27. The smallest absolute Gasteiger partial charge is 0.316 e. The van der Waals surface area contributed by atoms with Crippen molar-refractivity contribution in [3.05, 3.63) is 30.6 Å². The third kappa shape index (κ3) is 3.30. The number of ether oxygens (including phenoxy) is 3. The lowest BCUT2D eigenvalue weighted by molar-refractivity contribution is 0.205. The molecule has 0 saturated carbocycles. The summed E-state index contributed by atoms with van der Waals surface area (Å²) >= 11 is 1.67. The number of aromatic nitrogens is 3. The highest BCUT2D eigenvalue weighted by atomic mass is 32.1. The molecule has 0 N–H and O–H groups in total. The van der Waals surface area contributed by atoms with Crippen LogP contribution in [0.3, 0.4) is 0 Å². The van der Waals surface area contributed by atoms with E-state index in [1.807, 2.05) is 18.2 Å². The van der Waals surface area contributed by atoms with Gasteiger partial charge >= 0.3 is 6.01 Å². The van der Waals surface area contributed by atoms with Crippen LogP contribution in [0.5, 0.6) is 17.5 Å². The number of hydrogen-bond donors (Lipinski definition) is 0. The van der Waals surface area contributed by atoms with E-state index in [-0.39, 0.29) is 6.10 Å². The molecule has 1 unspecified atom stereocenters. The maximum absolute atomic E-state index is 5.87. The summed E-state index contributed by atoms with van der Waals surface area (Å²) in [6.07, 6.45) is 4.18. The second-order valence-electron chi connectivity index (χ2n) is 5.71. The highest BCUT2D eigenvalue weighted by Crippen LogP contribution is 2.33. The molecule has 1 saturated heterocycles. The molecule has 8 heteroatoms. The largest absolute Gasteiger partial charge is 0.497 e. The molecule has 1 aromatic carbocycles. The molecule has 0 aliphatic carbocycles. The van der Waals surface area contributed by atoms with E-state index in [2.05, 4.69) is 14.9 Å². The Morgan fingerprint density at radius 1 is 1.12 bits per heavy atom. The summed E-state index contributed by atoms with van der Waals surface area (Å²) in [7, 11) is 3.26. The predicted octanol–water partition coefficient (Wildman–Crippen LogP) is 2.76. The van der Waals surface area contributed by atoms with Gasteiger partial charge in [-0.1, -0.05) is 11.3 Å². The lowest BCUT2D eigenvalue weighted by Gasteiger charge is -2.15. The molecular formula is C17H18N4O3S. The van der Waals surface area contributed by atoms with E-state index in [1.165, 1.54) is 0 Å². The van der Waals surface area contributed by atoms with E-state index < -0.39 is 0 Å². The average Bonchev–Trinajstić information content (AvgIpc) is 3.28. The van der Waals surface area contributed by atoms with E-state index in [0.29, 0.717) is 11.8 Å². The normalized spacial score (nSPS) is 17.0. The van der Waals surface area contributed by atoms with Crippen LogP contribution in [0.1, 0.15) is 6.42 Å². The van der Waals surface area contributed by atoms with Crippen molar-refractivity contribution in [2.75, 3.05) is 32.2 Å². The maximum Gasteiger partial charge on any atom is 0.316 e. The van der Waals surface area contributed by atoms with Crippen molar-refractivity contribution in [1.82, 2.24) is 15.0 Å². The molecule has 3 heterocycles. The summed E-state index contributed by atoms with van der Waals surface area (Å²) in [5, 5.41) is 1.00. The first-order valence-electron chi connectivity index (χ1n) is 7.97. The van der Waals surface area contributed by atoms with Crippen molar-refractivity contribution in [2.45, 2.75) is 12.5 Å². The Bertz CT molecular complexity index is 868. The van der Waals surface area contributed by atoms with Crippen LogP contribution in [0.2, 0.25) is 0 Å². The van der Waals surface area contributed by atoms with Crippen LogP contribution in [0, 0.1) is 0 Å². The Labute approximate surface area is 149 Å². The van der Waals surface area contributed by atoms with E-state index in [0.717, 1.165) is 40.6 Å². The molecule has 3 aromatic rings. The predicted molar refractivity (Wildman–Crippen MR) is 96.0 cm³/mol. The number of hydrogen-bond acceptors (Lipinski definition) is 8. The molecule has 1 atom stereocenters. The van der Waals surface area contributed by atoms with Crippen LogP contribution < -0.4 is 19.1 Å². The van der Waals surface area contributed by atoms with Gasteiger partial charge in [-0.2, -0.15) is 9.97 Å². The number of methoxy groups -OCH3 is 2. The van der Waals surface area contributed by atoms with Crippen molar-refractivity contribution in [1.29, 1.82) is 0 Å². The minimum atomic E-state index is 0.0509. The zero-order valence-corrected chi connectivity index (χ0v) is 14.8. The van der Waals surface area contributed by atoms with Gasteiger partial charge in [-0.25, -0.2) is 4.98 Å². The second-order valence-corrected chi connectivity index (χ2v) is 6.72. The topological polar surface area (TPSA) is 69.6 Å². The molecule has 1 fully saturated rings. The summed E-state index contributed by atoms with van der Waals surface area (Å²) in [5.41, 5.74) is 0.989. The SMILES string of the molecule is COc1cnc(OC2CCN(c3nc4ccc(OC)cc4s3)C2)nc1. The molecule has 4 rings (SSSR count). The highest BCUT2D eigenvalue weighted by molar-refractivity contribution is 7.22. The van der Waals surface area contributed by atoms with Crippen LogP contribution in [-0.2, 0) is 0 Å². The number of rotatable bonds is 5. The molecule has 0 amide bonds. The second kappa shape index (κ2) is 6.72. The lowest BCUT2D eigenvalue weighted by Crippen LogP contribution is -2.24. The summed E-state index contributed by atoms with van der Waals surface area (Å²) < 4.78 is 17.3. The first kappa shape index (κ1) is 15.9. The summed E-state index contributed by atoms with van der Waals surface area (Å²) in [4.78, 5) is 15.3. The van der Waals surface area contributed by atoms with Gasteiger partial charge in [0.1, 0.15) is 11.9 Å². The van der Waals surface area contributed by atoms with Gasteiger partial charge in [0.15, 0.2) is 10.9 Å². The summed E-state index contributed by atoms with van der Waals surface area (Å²) in [6.45, 7) is 1.67. The number of nitrogens with zero attached hydrogens (tertiary/aromatic N) is 4. The first-order valence-corrected chi connectivity index (χ1v) is 8.79. The van der Waals surface area contributed by atoms with Gasteiger partial charge in [0.05, 0.1) is 43.4 Å². The van der Waals surface area contributed by atoms with Gasteiger partial charge in [-0.05, 0) is 18.2 Å². The highest BCUT2D eigenvalue weighted by Gasteiger charge is 2.27. The van der Waals surface area contributed by atoms with Gasteiger partial charge in [-0.15, -0.1) is 0 Å². The maximum atomic E-state index is 5.87. The molecule has 0 bridgehead atoms. The Morgan fingerprint density at radius 2 is 1.92 bits per heavy atom. The van der Waals surface area contributed by atoms with E-state index in [4.69, 9.17) is 19.2 Å². The lowest BCUT2D eigenvalue weighted by atomic mass is 10.3. The minimum absolute atomic E-state index is 0.0509. The molecule has 7 nitrogen and oxygen atoms in total. The zero-order valence-electron chi connectivity index (χ0n) is 14.0. The molecule has 1 aliphatic rings. The zero-order chi connectivity index (χ0) is 17.2. The third-order valence-electron chi connectivity index (χ3n) is 4.11.